The fourth-order valence-corrected chi connectivity index (χ4v) is 1.85. The standard InChI is InChI=1S/C11H20O/c1-10(2)8-6-5-7-9(12)11(10,3)4/h5-8H2,1-4H3. The third-order valence-corrected chi connectivity index (χ3v) is 3.84. The zero-order valence-electron chi connectivity index (χ0n) is 8.74. The van der Waals surface area contributed by atoms with Crippen LogP contribution in [0, 0.1) is 10.8 Å². The molecule has 1 rings (SSSR count). The summed E-state index contributed by atoms with van der Waals surface area (Å²) < 4.78 is 0. The predicted molar refractivity (Wildman–Crippen MR) is 51.0 cm³/mol. The van der Waals surface area contributed by atoms with Gasteiger partial charge < -0.3 is 0 Å². The van der Waals surface area contributed by atoms with Crippen LogP contribution in [0.25, 0.3) is 0 Å². The molecule has 0 radical (unpaired) electrons. The Hall–Kier alpha value is -0.330. The summed E-state index contributed by atoms with van der Waals surface area (Å²) in [5, 5.41) is 0. The molecule has 0 aromatic heterocycles. The maximum Gasteiger partial charge on any atom is 0.139 e. The van der Waals surface area contributed by atoms with Gasteiger partial charge in [-0.05, 0) is 18.3 Å². The second kappa shape index (κ2) is 2.86. The molecule has 0 bridgehead atoms. The third-order valence-electron chi connectivity index (χ3n) is 3.84. The van der Waals surface area contributed by atoms with Crippen molar-refractivity contribution in [3.05, 3.63) is 0 Å². The van der Waals surface area contributed by atoms with Gasteiger partial charge in [-0.15, -0.1) is 0 Å². The summed E-state index contributed by atoms with van der Waals surface area (Å²) in [6.45, 7) is 8.63. The quantitative estimate of drug-likeness (QED) is 0.508. The molecule has 0 aromatic carbocycles. The Morgan fingerprint density at radius 3 is 2.25 bits per heavy atom. The molecular formula is C11H20O. The molecule has 1 saturated carbocycles. The molecule has 0 aromatic rings. The number of ketones is 1. The molecule has 1 heteroatoms. The van der Waals surface area contributed by atoms with E-state index in [1.165, 1.54) is 12.8 Å². The summed E-state index contributed by atoms with van der Waals surface area (Å²) in [6, 6.07) is 0. The van der Waals surface area contributed by atoms with Crippen LogP contribution < -0.4 is 0 Å². The first kappa shape index (κ1) is 9.76. The van der Waals surface area contributed by atoms with Crippen molar-refractivity contribution in [1.29, 1.82) is 0 Å². The normalized spacial score (nSPS) is 28.2. The van der Waals surface area contributed by atoms with Gasteiger partial charge in [0, 0.05) is 11.8 Å². The first-order chi connectivity index (χ1) is 5.38. The molecule has 12 heavy (non-hydrogen) atoms. The molecule has 0 N–H and O–H groups in total. The smallest absolute Gasteiger partial charge is 0.139 e. The monoisotopic (exact) mass is 168 g/mol. The lowest BCUT2D eigenvalue weighted by molar-refractivity contribution is -0.132. The second-order valence-corrected chi connectivity index (χ2v) is 5.14. The largest absolute Gasteiger partial charge is 0.299 e. The average molecular weight is 168 g/mol. The maximum atomic E-state index is 11.8. The van der Waals surface area contributed by atoms with Gasteiger partial charge in [0.2, 0.25) is 0 Å². The minimum absolute atomic E-state index is 0.122. The molecule has 0 aliphatic heterocycles. The van der Waals surface area contributed by atoms with Gasteiger partial charge in [0.1, 0.15) is 5.78 Å². The van der Waals surface area contributed by atoms with Crippen molar-refractivity contribution in [2.24, 2.45) is 10.8 Å². The second-order valence-electron chi connectivity index (χ2n) is 5.14. The minimum atomic E-state index is -0.122. The molecule has 70 valence electrons. The van der Waals surface area contributed by atoms with Gasteiger partial charge in [-0.2, -0.15) is 0 Å². The van der Waals surface area contributed by atoms with Crippen molar-refractivity contribution in [3.8, 4) is 0 Å². The fraction of sp³-hybridized carbons (Fsp3) is 0.909. The van der Waals surface area contributed by atoms with E-state index >= 15 is 0 Å². The van der Waals surface area contributed by atoms with Crippen molar-refractivity contribution < 1.29 is 4.79 Å². The summed E-state index contributed by atoms with van der Waals surface area (Å²) >= 11 is 0. The van der Waals surface area contributed by atoms with Crippen LogP contribution in [0.4, 0.5) is 0 Å². The molecule has 1 fully saturated rings. The van der Waals surface area contributed by atoms with E-state index in [1.807, 2.05) is 0 Å². The van der Waals surface area contributed by atoms with Crippen LogP contribution in [0.15, 0.2) is 0 Å². The van der Waals surface area contributed by atoms with E-state index in [9.17, 15) is 4.79 Å². The van der Waals surface area contributed by atoms with Gasteiger partial charge in [-0.3, -0.25) is 4.79 Å². The lowest BCUT2D eigenvalue weighted by Gasteiger charge is -2.38. The summed E-state index contributed by atoms with van der Waals surface area (Å²) in [6.07, 6.45) is 4.27. The number of carbonyl (C=O) groups is 1. The molecule has 0 saturated heterocycles. The van der Waals surface area contributed by atoms with Crippen molar-refractivity contribution in [2.45, 2.75) is 53.4 Å². The SMILES string of the molecule is CC1(C)CCCCC(=O)C1(C)C. The average Bonchev–Trinajstić information content (AvgIpc) is 2.02. The van der Waals surface area contributed by atoms with Crippen molar-refractivity contribution in [2.75, 3.05) is 0 Å². The summed E-state index contributed by atoms with van der Waals surface area (Å²) in [5.41, 5.74) is 0.0596. The van der Waals surface area contributed by atoms with E-state index in [1.54, 1.807) is 0 Å². The lowest BCUT2D eigenvalue weighted by Crippen LogP contribution is -2.38. The first-order valence-corrected chi connectivity index (χ1v) is 4.91. The van der Waals surface area contributed by atoms with Crippen LogP contribution in [0.1, 0.15) is 53.4 Å². The summed E-state index contributed by atoms with van der Waals surface area (Å²) in [7, 11) is 0. The van der Waals surface area contributed by atoms with Crippen LogP contribution in [0.2, 0.25) is 0 Å². The molecule has 1 aliphatic rings. The molecular weight excluding hydrogens is 148 g/mol. The Balaban J connectivity index is 2.94. The third kappa shape index (κ3) is 1.41. The number of Topliss-reactive ketones (excluding diaryl/α,β-unsaturated/α-hetero) is 1. The van der Waals surface area contributed by atoms with Gasteiger partial charge in [0.05, 0.1) is 0 Å². The number of hydrogen-bond acceptors (Lipinski definition) is 1. The highest BCUT2D eigenvalue weighted by Gasteiger charge is 2.43. The number of rotatable bonds is 0. The Labute approximate surface area is 75.5 Å². The molecule has 1 nitrogen and oxygen atoms in total. The van der Waals surface area contributed by atoms with E-state index in [0.29, 0.717) is 5.78 Å². The fourth-order valence-electron chi connectivity index (χ4n) is 1.85. The predicted octanol–water partition coefficient (Wildman–Crippen LogP) is 3.18. The Kier molecular flexibility index (Phi) is 2.33. The summed E-state index contributed by atoms with van der Waals surface area (Å²) in [4.78, 5) is 11.8. The van der Waals surface area contributed by atoms with Gasteiger partial charge in [-0.25, -0.2) is 0 Å². The maximum absolute atomic E-state index is 11.8. The molecule has 1 aliphatic carbocycles. The Morgan fingerprint density at radius 1 is 1.08 bits per heavy atom. The highest BCUT2D eigenvalue weighted by molar-refractivity contribution is 5.85. The highest BCUT2D eigenvalue weighted by atomic mass is 16.1. The lowest BCUT2D eigenvalue weighted by atomic mass is 9.64. The van der Waals surface area contributed by atoms with Crippen molar-refractivity contribution in [3.63, 3.8) is 0 Å². The van der Waals surface area contributed by atoms with Crippen LogP contribution in [-0.4, -0.2) is 5.78 Å². The van der Waals surface area contributed by atoms with E-state index in [0.717, 1.165) is 12.8 Å². The van der Waals surface area contributed by atoms with Gasteiger partial charge >= 0.3 is 0 Å². The molecule has 0 spiro atoms. The Morgan fingerprint density at radius 2 is 1.67 bits per heavy atom. The van der Waals surface area contributed by atoms with E-state index in [2.05, 4.69) is 27.7 Å². The zero-order chi connectivity index (χ0) is 9.41. The van der Waals surface area contributed by atoms with E-state index < -0.39 is 0 Å². The van der Waals surface area contributed by atoms with Crippen LogP contribution in [0.3, 0.4) is 0 Å². The van der Waals surface area contributed by atoms with Crippen molar-refractivity contribution in [1.82, 2.24) is 0 Å². The summed E-state index contributed by atoms with van der Waals surface area (Å²) in [5.74, 6) is 0.449. The molecule has 0 unspecified atom stereocenters. The van der Waals surface area contributed by atoms with Gasteiger partial charge in [0.25, 0.3) is 0 Å². The van der Waals surface area contributed by atoms with E-state index in [4.69, 9.17) is 0 Å². The van der Waals surface area contributed by atoms with Crippen molar-refractivity contribution >= 4 is 5.78 Å². The van der Waals surface area contributed by atoms with Crippen LogP contribution in [-0.2, 0) is 4.79 Å². The highest BCUT2D eigenvalue weighted by Crippen LogP contribution is 2.46. The van der Waals surface area contributed by atoms with Crippen LogP contribution in [0.5, 0.6) is 0 Å². The van der Waals surface area contributed by atoms with E-state index in [-0.39, 0.29) is 10.8 Å². The number of carbonyl (C=O) groups excluding carboxylic acids is 1. The topological polar surface area (TPSA) is 17.1 Å². The van der Waals surface area contributed by atoms with Gasteiger partial charge in [0.15, 0.2) is 0 Å². The van der Waals surface area contributed by atoms with Gasteiger partial charge in [-0.1, -0.05) is 34.1 Å². The van der Waals surface area contributed by atoms with Crippen LogP contribution >= 0.6 is 0 Å². The first-order valence-electron chi connectivity index (χ1n) is 4.91. The molecule has 0 amide bonds. The molecule has 0 atom stereocenters. The zero-order valence-corrected chi connectivity index (χ0v) is 8.74. The number of hydrogen-bond donors (Lipinski definition) is 0. The minimum Gasteiger partial charge on any atom is -0.299 e. The Bertz CT molecular complexity index is 189. The molecule has 0 heterocycles.